The molecular formula is C12H11Cl2NO. The van der Waals surface area contributed by atoms with Crippen molar-refractivity contribution >= 4 is 23.2 Å². The third kappa shape index (κ3) is 2.24. The van der Waals surface area contributed by atoms with Gasteiger partial charge in [0, 0.05) is 5.56 Å². The van der Waals surface area contributed by atoms with Gasteiger partial charge in [0.2, 0.25) is 0 Å². The van der Waals surface area contributed by atoms with Gasteiger partial charge < -0.3 is 9.73 Å². The maximum atomic E-state index is 6.11. The third-order valence-corrected chi connectivity index (χ3v) is 3.05. The van der Waals surface area contributed by atoms with Gasteiger partial charge in [-0.3, -0.25) is 0 Å². The molecule has 0 aliphatic rings. The first-order valence-corrected chi connectivity index (χ1v) is 5.65. The van der Waals surface area contributed by atoms with Gasteiger partial charge in [0.05, 0.1) is 16.6 Å². The van der Waals surface area contributed by atoms with Crippen LogP contribution in [0.1, 0.15) is 5.76 Å². The van der Waals surface area contributed by atoms with Crippen molar-refractivity contribution < 1.29 is 4.42 Å². The lowest BCUT2D eigenvalue weighted by Gasteiger charge is -2.02. The Morgan fingerprint density at radius 1 is 1.19 bits per heavy atom. The molecule has 0 spiro atoms. The first kappa shape index (κ1) is 11.5. The van der Waals surface area contributed by atoms with Crippen molar-refractivity contribution in [2.24, 2.45) is 0 Å². The van der Waals surface area contributed by atoms with Crippen molar-refractivity contribution in [3.05, 3.63) is 46.1 Å². The summed E-state index contributed by atoms with van der Waals surface area (Å²) < 4.78 is 5.64. The summed E-state index contributed by atoms with van der Waals surface area (Å²) in [5.41, 5.74) is 0.816. The number of halogens is 2. The first-order chi connectivity index (χ1) is 7.72. The molecule has 1 heterocycles. The van der Waals surface area contributed by atoms with E-state index in [0.717, 1.165) is 17.1 Å². The molecule has 0 radical (unpaired) electrons. The van der Waals surface area contributed by atoms with Crippen LogP contribution in [0, 0.1) is 0 Å². The van der Waals surface area contributed by atoms with Crippen LogP contribution in [0.4, 0.5) is 0 Å². The average molecular weight is 256 g/mol. The van der Waals surface area contributed by atoms with E-state index >= 15 is 0 Å². The standard InChI is InChI=1S/C12H11Cl2NO/c1-15-7-8-5-6-11(16-8)9-3-2-4-10(13)12(9)14/h2-6,15H,7H2,1H3. The molecule has 0 saturated heterocycles. The van der Waals surface area contributed by atoms with Gasteiger partial charge in [-0.1, -0.05) is 29.3 Å². The van der Waals surface area contributed by atoms with E-state index < -0.39 is 0 Å². The van der Waals surface area contributed by atoms with Crippen LogP contribution < -0.4 is 5.32 Å². The van der Waals surface area contributed by atoms with Gasteiger partial charge in [-0.25, -0.2) is 0 Å². The molecular weight excluding hydrogens is 245 g/mol. The Hall–Kier alpha value is -0.960. The summed E-state index contributed by atoms with van der Waals surface area (Å²) in [5.74, 6) is 1.60. The summed E-state index contributed by atoms with van der Waals surface area (Å²) in [5, 5.41) is 4.08. The number of rotatable bonds is 3. The zero-order valence-electron chi connectivity index (χ0n) is 8.76. The highest BCUT2D eigenvalue weighted by atomic mass is 35.5. The molecule has 0 fully saturated rings. The zero-order chi connectivity index (χ0) is 11.5. The van der Waals surface area contributed by atoms with Crippen LogP contribution in [0.5, 0.6) is 0 Å². The van der Waals surface area contributed by atoms with E-state index in [-0.39, 0.29) is 0 Å². The fraction of sp³-hybridized carbons (Fsp3) is 0.167. The smallest absolute Gasteiger partial charge is 0.135 e. The first-order valence-electron chi connectivity index (χ1n) is 4.90. The predicted octanol–water partition coefficient (Wildman–Crippen LogP) is 3.97. The van der Waals surface area contributed by atoms with Crippen LogP contribution >= 0.6 is 23.2 Å². The monoisotopic (exact) mass is 255 g/mol. The molecule has 0 amide bonds. The van der Waals surface area contributed by atoms with Gasteiger partial charge in [-0.2, -0.15) is 0 Å². The molecule has 0 unspecified atom stereocenters. The molecule has 2 rings (SSSR count). The van der Waals surface area contributed by atoms with Gasteiger partial charge in [0.25, 0.3) is 0 Å². The van der Waals surface area contributed by atoms with Gasteiger partial charge >= 0.3 is 0 Å². The molecule has 2 aromatic rings. The molecule has 16 heavy (non-hydrogen) atoms. The molecule has 2 nitrogen and oxygen atoms in total. The van der Waals surface area contributed by atoms with Crippen LogP contribution in [0.25, 0.3) is 11.3 Å². The summed E-state index contributed by atoms with van der Waals surface area (Å²) in [6.07, 6.45) is 0. The van der Waals surface area contributed by atoms with Crippen LogP contribution in [0.3, 0.4) is 0 Å². The second kappa shape index (κ2) is 4.91. The Morgan fingerprint density at radius 2 is 2.00 bits per heavy atom. The number of nitrogens with one attached hydrogen (secondary N) is 1. The summed E-state index contributed by atoms with van der Waals surface area (Å²) in [4.78, 5) is 0. The summed E-state index contributed by atoms with van der Waals surface area (Å²) in [6.45, 7) is 0.693. The Balaban J connectivity index is 2.39. The van der Waals surface area contributed by atoms with Crippen LogP contribution in [0.15, 0.2) is 34.7 Å². The second-order valence-corrected chi connectivity index (χ2v) is 4.18. The molecule has 84 valence electrons. The van der Waals surface area contributed by atoms with Crippen molar-refractivity contribution in [3.63, 3.8) is 0 Å². The molecule has 1 aromatic carbocycles. The molecule has 0 bridgehead atoms. The van der Waals surface area contributed by atoms with Crippen molar-refractivity contribution in [1.29, 1.82) is 0 Å². The van der Waals surface area contributed by atoms with Gasteiger partial charge in [0.1, 0.15) is 11.5 Å². The molecule has 0 saturated carbocycles. The largest absolute Gasteiger partial charge is 0.460 e. The quantitative estimate of drug-likeness (QED) is 0.898. The van der Waals surface area contributed by atoms with E-state index in [0.29, 0.717) is 16.6 Å². The summed E-state index contributed by atoms with van der Waals surface area (Å²) in [7, 11) is 1.87. The van der Waals surface area contributed by atoms with E-state index in [9.17, 15) is 0 Å². The zero-order valence-corrected chi connectivity index (χ0v) is 10.3. The summed E-state index contributed by atoms with van der Waals surface area (Å²) >= 11 is 12.1. The minimum Gasteiger partial charge on any atom is -0.460 e. The van der Waals surface area contributed by atoms with E-state index in [1.165, 1.54) is 0 Å². The number of benzene rings is 1. The van der Waals surface area contributed by atoms with Gasteiger partial charge in [-0.15, -0.1) is 0 Å². The molecule has 0 atom stereocenters. The highest BCUT2D eigenvalue weighted by Gasteiger charge is 2.10. The van der Waals surface area contributed by atoms with Gasteiger partial charge in [0.15, 0.2) is 0 Å². The van der Waals surface area contributed by atoms with E-state index in [2.05, 4.69) is 5.32 Å². The Bertz CT molecular complexity index is 494. The second-order valence-electron chi connectivity index (χ2n) is 3.40. The van der Waals surface area contributed by atoms with Crippen LogP contribution in [-0.4, -0.2) is 7.05 Å². The molecule has 1 aromatic heterocycles. The average Bonchev–Trinajstić information content (AvgIpc) is 2.71. The number of hydrogen-bond donors (Lipinski definition) is 1. The minimum absolute atomic E-state index is 0.523. The fourth-order valence-corrected chi connectivity index (χ4v) is 1.88. The lowest BCUT2D eigenvalue weighted by molar-refractivity contribution is 0.507. The SMILES string of the molecule is CNCc1ccc(-c2cccc(Cl)c2Cl)o1. The van der Waals surface area contributed by atoms with Crippen LogP contribution in [-0.2, 0) is 6.54 Å². The Labute approximate surface area is 104 Å². The lowest BCUT2D eigenvalue weighted by Crippen LogP contribution is -2.03. The number of hydrogen-bond acceptors (Lipinski definition) is 2. The maximum Gasteiger partial charge on any atom is 0.135 e. The topological polar surface area (TPSA) is 25.2 Å². The Kier molecular flexibility index (Phi) is 3.54. The normalized spacial score (nSPS) is 10.7. The van der Waals surface area contributed by atoms with Crippen molar-refractivity contribution in [2.45, 2.75) is 6.54 Å². The molecule has 1 N–H and O–H groups in total. The van der Waals surface area contributed by atoms with Crippen LogP contribution in [0.2, 0.25) is 10.0 Å². The van der Waals surface area contributed by atoms with Crippen molar-refractivity contribution in [2.75, 3.05) is 7.05 Å². The van der Waals surface area contributed by atoms with E-state index in [4.69, 9.17) is 27.6 Å². The van der Waals surface area contributed by atoms with Crippen molar-refractivity contribution in [1.82, 2.24) is 5.32 Å². The fourth-order valence-electron chi connectivity index (χ4n) is 1.49. The highest BCUT2D eigenvalue weighted by molar-refractivity contribution is 6.43. The molecule has 0 aliphatic heterocycles. The third-order valence-electron chi connectivity index (χ3n) is 2.23. The summed E-state index contributed by atoms with van der Waals surface area (Å²) in [6, 6.07) is 9.30. The maximum absolute atomic E-state index is 6.11. The van der Waals surface area contributed by atoms with E-state index in [1.807, 2.05) is 31.3 Å². The molecule has 4 heteroatoms. The van der Waals surface area contributed by atoms with E-state index in [1.54, 1.807) is 6.07 Å². The highest BCUT2D eigenvalue weighted by Crippen LogP contribution is 2.34. The predicted molar refractivity (Wildman–Crippen MR) is 66.9 cm³/mol. The Morgan fingerprint density at radius 3 is 2.75 bits per heavy atom. The van der Waals surface area contributed by atoms with Gasteiger partial charge in [-0.05, 0) is 31.3 Å². The molecule has 0 aliphatic carbocycles. The number of furan rings is 1. The lowest BCUT2D eigenvalue weighted by atomic mass is 10.2. The minimum atomic E-state index is 0.523. The van der Waals surface area contributed by atoms with Crippen molar-refractivity contribution in [3.8, 4) is 11.3 Å².